The smallest absolute Gasteiger partial charge is 0.257 e. The molecule has 8 heteroatoms. The Balaban J connectivity index is 1.62. The third-order valence-electron chi connectivity index (χ3n) is 5.83. The predicted octanol–water partition coefficient (Wildman–Crippen LogP) is 3.16. The molecule has 1 aliphatic heterocycles. The zero-order valence-electron chi connectivity index (χ0n) is 19.0. The highest BCUT2D eigenvalue weighted by Crippen LogP contribution is 2.24. The van der Waals surface area contributed by atoms with Crippen LogP contribution in [-0.2, 0) is 19.5 Å². The van der Waals surface area contributed by atoms with Crippen molar-refractivity contribution < 1.29 is 14.3 Å². The summed E-state index contributed by atoms with van der Waals surface area (Å²) in [6.07, 6.45) is 0.379. The lowest BCUT2D eigenvalue weighted by atomic mass is 10.1. The molecule has 0 unspecified atom stereocenters. The van der Waals surface area contributed by atoms with Crippen molar-refractivity contribution in [3.05, 3.63) is 85.0 Å². The second-order valence-corrected chi connectivity index (χ2v) is 9.04. The molecule has 0 aliphatic carbocycles. The summed E-state index contributed by atoms with van der Waals surface area (Å²) in [6.45, 7) is 5.44. The summed E-state index contributed by atoms with van der Waals surface area (Å²) < 4.78 is 7.00. The van der Waals surface area contributed by atoms with Gasteiger partial charge in [0.25, 0.3) is 17.4 Å². The Morgan fingerprint density at radius 1 is 1.09 bits per heavy atom. The number of nitrogens with zero attached hydrogens (tertiary/aromatic N) is 2. The molecule has 1 aliphatic rings. The van der Waals surface area contributed by atoms with Crippen LogP contribution in [0.1, 0.15) is 43.1 Å². The second-order valence-electron chi connectivity index (χ2n) is 8.26. The fourth-order valence-corrected chi connectivity index (χ4v) is 4.97. The van der Waals surface area contributed by atoms with Gasteiger partial charge in [0.15, 0.2) is 0 Å². The van der Waals surface area contributed by atoms with Crippen molar-refractivity contribution in [2.45, 2.75) is 33.4 Å². The first-order valence-electron chi connectivity index (χ1n) is 10.8. The summed E-state index contributed by atoms with van der Waals surface area (Å²) in [7, 11) is 1.45. The van der Waals surface area contributed by atoms with Crippen molar-refractivity contribution in [2.24, 2.45) is 0 Å². The average Bonchev–Trinajstić information content (AvgIpc) is 3.21. The van der Waals surface area contributed by atoms with Crippen molar-refractivity contribution in [1.82, 2.24) is 14.8 Å². The minimum Gasteiger partial charge on any atom is -0.496 e. The zero-order chi connectivity index (χ0) is 23.5. The molecule has 2 aromatic heterocycles. The highest BCUT2D eigenvalue weighted by molar-refractivity contribution is 7.07. The van der Waals surface area contributed by atoms with Crippen LogP contribution in [0.3, 0.4) is 0 Å². The highest BCUT2D eigenvalue weighted by Gasteiger charge is 2.27. The van der Waals surface area contributed by atoms with Gasteiger partial charge in [-0.2, -0.15) is 11.3 Å². The first kappa shape index (κ1) is 22.8. The Morgan fingerprint density at radius 3 is 2.52 bits per heavy atom. The van der Waals surface area contributed by atoms with E-state index >= 15 is 0 Å². The topological polar surface area (TPSA) is 80.6 Å². The van der Waals surface area contributed by atoms with Crippen molar-refractivity contribution in [3.63, 3.8) is 0 Å². The van der Waals surface area contributed by atoms with E-state index in [1.165, 1.54) is 13.2 Å². The minimum absolute atomic E-state index is 0.0712. The number of thiophene rings is 1. The van der Waals surface area contributed by atoms with Crippen LogP contribution < -0.4 is 15.6 Å². The van der Waals surface area contributed by atoms with Gasteiger partial charge in [0.1, 0.15) is 11.3 Å². The molecule has 0 saturated carbocycles. The van der Waals surface area contributed by atoms with E-state index < -0.39 is 0 Å². The van der Waals surface area contributed by atoms with Gasteiger partial charge in [-0.3, -0.25) is 14.4 Å². The third kappa shape index (κ3) is 4.85. The summed E-state index contributed by atoms with van der Waals surface area (Å²) in [6, 6.07) is 9.10. The molecule has 0 atom stereocenters. The quantitative estimate of drug-likeness (QED) is 0.628. The predicted molar refractivity (Wildman–Crippen MR) is 128 cm³/mol. The Morgan fingerprint density at radius 2 is 1.85 bits per heavy atom. The molecule has 0 fully saturated rings. The van der Waals surface area contributed by atoms with Gasteiger partial charge in [-0.25, -0.2) is 0 Å². The minimum atomic E-state index is -0.295. The van der Waals surface area contributed by atoms with Crippen molar-refractivity contribution in [3.8, 4) is 5.75 Å². The molecule has 0 radical (unpaired) electrons. The molecular weight excluding hydrogens is 438 g/mol. The zero-order valence-corrected chi connectivity index (χ0v) is 19.8. The van der Waals surface area contributed by atoms with E-state index in [4.69, 9.17) is 4.74 Å². The number of aryl methyl sites for hydroxylation is 2. The molecule has 3 aromatic rings. The average molecular weight is 466 g/mol. The van der Waals surface area contributed by atoms with Gasteiger partial charge in [-0.15, -0.1) is 0 Å². The molecule has 1 aromatic carbocycles. The van der Waals surface area contributed by atoms with Crippen LogP contribution in [0.5, 0.6) is 5.75 Å². The number of amides is 2. The van der Waals surface area contributed by atoms with Crippen LogP contribution in [-0.4, -0.2) is 41.5 Å². The number of ether oxygens (including phenoxy) is 1. The van der Waals surface area contributed by atoms with Crippen LogP contribution >= 0.6 is 11.3 Å². The van der Waals surface area contributed by atoms with Crippen molar-refractivity contribution in [1.29, 1.82) is 0 Å². The number of hydrogen-bond acceptors (Lipinski definition) is 5. The van der Waals surface area contributed by atoms with Gasteiger partial charge in [-0.1, -0.05) is 17.2 Å². The number of pyridine rings is 1. The van der Waals surface area contributed by atoms with Gasteiger partial charge >= 0.3 is 0 Å². The molecule has 7 nitrogen and oxygen atoms in total. The number of rotatable bonds is 5. The lowest BCUT2D eigenvalue weighted by Gasteiger charge is -2.20. The van der Waals surface area contributed by atoms with Gasteiger partial charge in [-0.05, 0) is 48.4 Å². The first-order chi connectivity index (χ1) is 15.9. The van der Waals surface area contributed by atoms with E-state index in [-0.39, 0.29) is 23.1 Å². The molecule has 172 valence electrons. The molecule has 1 N–H and O–H groups in total. The number of hydrogen-bond donors (Lipinski definition) is 1. The Kier molecular flexibility index (Phi) is 6.65. The van der Waals surface area contributed by atoms with E-state index in [1.807, 2.05) is 48.9 Å². The molecule has 2 amide bonds. The Hall–Kier alpha value is -3.39. The second kappa shape index (κ2) is 9.62. The van der Waals surface area contributed by atoms with E-state index in [0.717, 1.165) is 16.7 Å². The van der Waals surface area contributed by atoms with E-state index in [0.29, 0.717) is 49.4 Å². The number of carbonyl (C=O) groups excluding carboxylic acids is 2. The van der Waals surface area contributed by atoms with E-state index in [1.54, 1.807) is 20.8 Å². The summed E-state index contributed by atoms with van der Waals surface area (Å²) in [5, 5.41) is 6.86. The van der Waals surface area contributed by atoms with E-state index in [2.05, 4.69) is 5.32 Å². The number of carbonyl (C=O) groups is 2. The number of aromatic nitrogens is 1. The lowest BCUT2D eigenvalue weighted by Crippen LogP contribution is -2.34. The summed E-state index contributed by atoms with van der Waals surface area (Å²) in [5.41, 5.74) is 4.42. The molecule has 33 heavy (non-hydrogen) atoms. The van der Waals surface area contributed by atoms with Crippen LogP contribution in [0.25, 0.3) is 0 Å². The van der Waals surface area contributed by atoms with Crippen molar-refractivity contribution >= 4 is 23.2 Å². The fraction of sp³-hybridized carbons (Fsp3) is 0.320. The van der Waals surface area contributed by atoms with Crippen LogP contribution in [0, 0.1) is 13.8 Å². The van der Waals surface area contributed by atoms with E-state index in [9.17, 15) is 14.4 Å². The van der Waals surface area contributed by atoms with Crippen LogP contribution in [0.4, 0.5) is 0 Å². The van der Waals surface area contributed by atoms with Crippen molar-refractivity contribution in [2.75, 3.05) is 20.2 Å². The summed E-state index contributed by atoms with van der Waals surface area (Å²) in [4.78, 5) is 40.9. The Bertz CT molecular complexity index is 1230. The Labute approximate surface area is 196 Å². The molecule has 0 spiro atoms. The van der Waals surface area contributed by atoms with Gasteiger partial charge in [0.2, 0.25) is 0 Å². The normalized spacial score (nSPS) is 13.2. The van der Waals surface area contributed by atoms with Crippen LogP contribution in [0.2, 0.25) is 0 Å². The van der Waals surface area contributed by atoms with Crippen LogP contribution in [0.15, 0.2) is 45.9 Å². The van der Waals surface area contributed by atoms with Gasteiger partial charge in [0.05, 0.1) is 7.11 Å². The SMILES string of the molecule is COc1cc(=O)n2c(c1C(=O)NCc1ccsc1)CCN(C(=O)c1cc(C)cc(C)c1)CC2. The third-order valence-corrected chi connectivity index (χ3v) is 6.56. The monoisotopic (exact) mass is 465 g/mol. The molecule has 4 rings (SSSR count). The maximum absolute atomic E-state index is 13.2. The standard InChI is InChI=1S/C25H27N3O4S/c1-16-10-17(2)12-19(11-16)25(31)27-6-4-20-23(24(30)26-14-18-5-9-33-15-18)21(32-3)13-22(29)28(20)8-7-27/h5,9-13,15H,4,6-8,14H2,1-3H3,(H,26,30). The summed E-state index contributed by atoms with van der Waals surface area (Å²) in [5.74, 6) is -0.114. The van der Waals surface area contributed by atoms with Gasteiger partial charge in [0, 0.05) is 49.9 Å². The number of methoxy groups -OCH3 is 1. The maximum Gasteiger partial charge on any atom is 0.257 e. The highest BCUT2D eigenvalue weighted by atomic mass is 32.1. The molecular formula is C25H27N3O4S. The molecule has 0 bridgehead atoms. The first-order valence-corrected chi connectivity index (χ1v) is 11.8. The number of fused-ring (bicyclic) bond motifs is 1. The molecule has 3 heterocycles. The van der Waals surface area contributed by atoms with Gasteiger partial charge < -0.3 is 19.5 Å². The fourth-order valence-electron chi connectivity index (χ4n) is 4.30. The lowest BCUT2D eigenvalue weighted by molar-refractivity contribution is 0.0758. The number of nitrogens with one attached hydrogen (secondary N) is 1. The largest absolute Gasteiger partial charge is 0.496 e. The number of benzene rings is 1. The molecule has 0 saturated heterocycles. The summed E-state index contributed by atoms with van der Waals surface area (Å²) >= 11 is 1.57. The maximum atomic E-state index is 13.2.